The summed E-state index contributed by atoms with van der Waals surface area (Å²) in [4.78, 5) is 23.6. The van der Waals surface area contributed by atoms with Crippen molar-refractivity contribution in [2.75, 3.05) is 13.7 Å². The van der Waals surface area contributed by atoms with Crippen molar-refractivity contribution >= 4 is 11.9 Å². The molecule has 0 aliphatic carbocycles. The minimum absolute atomic E-state index is 0.156. The Morgan fingerprint density at radius 1 is 1.50 bits per heavy atom. The van der Waals surface area contributed by atoms with E-state index in [1.54, 1.807) is 0 Å². The quantitative estimate of drug-likeness (QED) is 0.552. The van der Waals surface area contributed by atoms with Crippen LogP contribution in [0.3, 0.4) is 0 Å². The Morgan fingerprint density at radius 3 is 3.09 bits per heavy atom. The second-order valence-electron chi connectivity index (χ2n) is 4.78. The summed E-state index contributed by atoms with van der Waals surface area (Å²) in [6, 6.07) is 0.983. The van der Waals surface area contributed by atoms with Crippen LogP contribution in [-0.2, 0) is 9.53 Å². The van der Waals surface area contributed by atoms with Crippen molar-refractivity contribution in [3.05, 3.63) is 18.1 Å². The zero-order valence-electron chi connectivity index (χ0n) is 11.7. The molecule has 3 rings (SSSR count). The number of ether oxygens (including phenoxy) is 1. The molecule has 0 bridgehead atoms. The van der Waals surface area contributed by atoms with Crippen LogP contribution < -0.4 is 10.6 Å². The average Bonchev–Trinajstić information content (AvgIpc) is 3.25. The monoisotopic (exact) mass is 306 g/mol. The van der Waals surface area contributed by atoms with Gasteiger partial charge in [0.2, 0.25) is 0 Å². The topological polar surface area (TPSA) is 140 Å². The zero-order valence-corrected chi connectivity index (χ0v) is 11.7. The maximum atomic E-state index is 12.1. The van der Waals surface area contributed by atoms with Gasteiger partial charge >= 0.3 is 5.97 Å². The van der Waals surface area contributed by atoms with Crippen molar-refractivity contribution in [1.29, 1.82) is 0 Å². The third kappa shape index (κ3) is 2.79. The Hall–Kier alpha value is -2.82. The molecule has 1 saturated heterocycles. The minimum atomic E-state index is -0.395. The van der Waals surface area contributed by atoms with E-state index in [1.807, 2.05) is 0 Å². The van der Waals surface area contributed by atoms with E-state index in [-0.39, 0.29) is 23.6 Å². The normalized spacial score (nSPS) is 20.8. The van der Waals surface area contributed by atoms with Crippen LogP contribution in [0, 0.1) is 0 Å². The number of nitrogens with zero attached hydrogens (tertiary/aromatic N) is 5. The number of aromatic amines is 1. The van der Waals surface area contributed by atoms with Gasteiger partial charge in [-0.05, 0) is 16.8 Å². The Kier molecular flexibility index (Phi) is 3.78. The number of rotatable bonds is 4. The molecule has 0 saturated carbocycles. The molecule has 0 spiro atoms. The summed E-state index contributed by atoms with van der Waals surface area (Å²) in [6.45, 7) is 0.500. The number of carbonyl (C=O) groups excluding carboxylic acids is 2. The van der Waals surface area contributed by atoms with Gasteiger partial charge in [-0.15, -0.1) is 5.10 Å². The molecule has 0 radical (unpaired) electrons. The van der Waals surface area contributed by atoms with E-state index >= 15 is 0 Å². The maximum absolute atomic E-state index is 12.1. The smallest absolute Gasteiger partial charge is 0.322 e. The van der Waals surface area contributed by atoms with E-state index < -0.39 is 6.04 Å². The fraction of sp³-hybridized carbons (Fsp3) is 0.455. The highest BCUT2D eigenvalue weighted by molar-refractivity contribution is 5.93. The van der Waals surface area contributed by atoms with Gasteiger partial charge in [0.1, 0.15) is 18.1 Å². The predicted octanol–water partition coefficient (Wildman–Crippen LogP) is -1.98. The number of methoxy groups -OCH3 is 1. The number of hydrogen-bond acceptors (Lipinski definition) is 8. The number of amides is 1. The van der Waals surface area contributed by atoms with Gasteiger partial charge in [-0.1, -0.05) is 0 Å². The van der Waals surface area contributed by atoms with Crippen molar-refractivity contribution in [3.63, 3.8) is 0 Å². The lowest BCUT2D eigenvalue weighted by Gasteiger charge is -2.10. The number of tetrazole rings is 1. The molecule has 22 heavy (non-hydrogen) atoms. The molecule has 11 heteroatoms. The fourth-order valence-corrected chi connectivity index (χ4v) is 2.24. The molecule has 1 amide bonds. The second-order valence-corrected chi connectivity index (χ2v) is 4.78. The standard InChI is InChI=1S/C11H14N8O3/c1-22-11(21)8-2-6(4-12-8)14-10(20)7-3-9(16-15-7)19-5-13-17-18-19/h3,5-6,8,12H,2,4H2,1H3,(H,14,20)(H,15,16)/t6-,8-/m0/s1. The number of nitrogens with one attached hydrogen (secondary N) is 3. The number of esters is 1. The second kappa shape index (κ2) is 5.89. The summed E-state index contributed by atoms with van der Waals surface area (Å²) >= 11 is 0. The Bertz CT molecular complexity index is 667. The lowest BCUT2D eigenvalue weighted by molar-refractivity contribution is -0.142. The molecule has 0 aromatic carbocycles. The average molecular weight is 306 g/mol. The van der Waals surface area contributed by atoms with Gasteiger partial charge in [0, 0.05) is 18.7 Å². The molecule has 3 heterocycles. The lowest BCUT2D eigenvalue weighted by Crippen LogP contribution is -2.36. The fourth-order valence-electron chi connectivity index (χ4n) is 2.24. The lowest BCUT2D eigenvalue weighted by atomic mass is 10.1. The third-order valence-corrected chi connectivity index (χ3v) is 3.34. The van der Waals surface area contributed by atoms with E-state index in [4.69, 9.17) is 0 Å². The van der Waals surface area contributed by atoms with Crippen molar-refractivity contribution in [2.45, 2.75) is 18.5 Å². The number of carbonyl (C=O) groups is 2. The van der Waals surface area contributed by atoms with E-state index in [1.165, 1.54) is 24.2 Å². The van der Waals surface area contributed by atoms with Gasteiger partial charge in [-0.3, -0.25) is 14.7 Å². The van der Waals surface area contributed by atoms with Crippen LogP contribution in [-0.4, -0.2) is 68.0 Å². The molecular formula is C11H14N8O3. The van der Waals surface area contributed by atoms with Crippen molar-refractivity contribution in [3.8, 4) is 5.82 Å². The third-order valence-electron chi connectivity index (χ3n) is 3.34. The van der Waals surface area contributed by atoms with Gasteiger partial charge < -0.3 is 15.4 Å². The molecule has 2 aromatic rings. The molecule has 1 aliphatic rings. The molecule has 11 nitrogen and oxygen atoms in total. The first kappa shape index (κ1) is 14.1. The predicted molar refractivity (Wildman–Crippen MR) is 71.0 cm³/mol. The largest absolute Gasteiger partial charge is 0.468 e. The van der Waals surface area contributed by atoms with Crippen molar-refractivity contribution in [1.82, 2.24) is 41.0 Å². The molecule has 116 valence electrons. The van der Waals surface area contributed by atoms with Gasteiger partial charge in [-0.2, -0.15) is 9.78 Å². The zero-order chi connectivity index (χ0) is 15.5. The summed E-state index contributed by atoms with van der Waals surface area (Å²) in [5, 5.41) is 23.1. The summed E-state index contributed by atoms with van der Waals surface area (Å²) < 4.78 is 6.00. The summed E-state index contributed by atoms with van der Waals surface area (Å²) in [7, 11) is 1.33. The van der Waals surface area contributed by atoms with Crippen molar-refractivity contribution < 1.29 is 14.3 Å². The molecule has 0 unspecified atom stereocenters. The van der Waals surface area contributed by atoms with Gasteiger partial charge in [0.25, 0.3) is 5.91 Å². The van der Waals surface area contributed by atoms with Gasteiger partial charge in [-0.25, -0.2) is 0 Å². The Morgan fingerprint density at radius 2 is 2.36 bits per heavy atom. The molecule has 1 fully saturated rings. The Labute approximate surface area is 124 Å². The molecule has 2 atom stereocenters. The van der Waals surface area contributed by atoms with Crippen LogP contribution in [0.1, 0.15) is 16.9 Å². The highest BCUT2D eigenvalue weighted by atomic mass is 16.5. The van der Waals surface area contributed by atoms with E-state index in [0.29, 0.717) is 18.8 Å². The van der Waals surface area contributed by atoms with Crippen LogP contribution in [0.15, 0.2) is 12.4 Å². The number of H-pyrrole nitrogens is 1. The SMILES string of the molecule is COC(=O)[C@@H]1C[C@H](NC(=O)c2cc(-n3cnnn3)n[nH]2)CN1. The van der Waals surface area contributed by atoms with Gasteiger partial charge in [0.05, 0.1) is 7.11 Å². The van der Waals surface area contributed by atoms with Crippen molar-refractivity contribution in [2.24, 2.45) is 0 Å². The highest BCUT2D eigenvalue weighted by Gasteiger charge is 2.31. The molecule has 3 N–H and O–H groups in total. The molecule has 1 aliphatic heterocycles. The first-order chi connectivity index (χ1) is 10.7. The maximum Gasteiger partial charge on any atom is 0.322 e. The Balaban J connectivity index is 1.60. The molecule has 2 aromatic heterocycles. The van der Waals surface area contributed by atoms with E-state index in [9.17, 15) is 9.59 Å². The van der Waals surface area contributed by atoms with Crippen LogP contribution >= 0.6 is 0 Å². The van der Waals surface area contributed by atoms with E-state index in [0.717, 1.165) is 0 Å². The highest BCUT2D eigenvalue weighted by Crippen LogP contribution is 2.10. The van der Waals surface area contributed by atoms with Crippen LogP contribution in [0.5, 0.6) is 0 Å². The summed E-state index contributed by atoms with van der Waals surface area (Å²) in [6.07, 6.45) is 1.85. The number of aromatic nitrogens is 6. The van der Waals surface area contributed by atoms with Gasteiger partial charge in [0.15, 0.2) is 5.82 Å². The molecular weight excluding hydrogens is 292 g/mol. The van der Waals surface area contributed by atoms with Crippen LogP contribution in [0.4, 0.5) is 0 Å². The number of hydrogen-bond donors (Lipinski definition) is 3. The minimum Gasteiger partial charge on any atom is -0.468 e. The van der Waals surface area contributed by atoms with Crippen LogP contribution in [0.2, 0.25) is 0 Å². The first-order valence-electron chi connectivity index (χ1n) is 6.58. The summed E-state index contributed by atoms with van der Waals surface area (Å²) in [5.41, 5.74) is 0.284. The van der Waals surface area contributed by atoms with Crippen LogP contribution in [0.25, 0.3) is 5.82 Å². The van der Waals surface area contributed by atoms with E-state index in [2.05, 4.69) is 41.1 Å². The summed E-state index contributed by atoms with van der Waals surface area (Å²) in [5.74, 6) is -0.240. The first-order valence-corrected chi connectivity index (χ1v) is 6.58.